The van der Waals surface area contributed by atoms with Gasteiger partial charge in [-0.15, -0.1) is 0 Å². The molecule has 0 saturated carbocycles. The summed E-state index contributed by atoms with van der Waals surface area (Å²) < 4.78 is 29.0. The Kier molecular flexibility index (Phi) is 6.62. The van der Waals surface area contributed by atoms with Crippen molar-refractivity contribution in [3.63, 3.8) is 0 Å². The maximum atomic E-state index is 12.8. The summed E-state index contributed by atoms with van der Waals surface area (Å²) in [5.41, 5.74) is 1.91. The van der Waals surface area contributed by atoms with E-state index in [9.17, 15) is 9.18 Å². The second-order valence-corrected chi connectivity index (χ2v) is 5.51. The van der Waals surface area contributed by atoms with E-state index < -0.39 is 0 Å². The fourth-order valence-corrected chi connectivity index (χ4v) is 2.34. The van der Waals surface area contributed by atoms with Crippen LogP contribution in [0.25, 0.3) is 0 Å². The Hall–Kier alpha value is -2.76. The third kappa shape index (κ3) is 5.38. The van der Waals surface area contributed by atoms with Crippen molar-refractivity contribution >= 4 is 5.91 Å². The second-order valence-electron chi connectivity index (χ2n) is 5.51. The molecule has 2 aromatic carbocycles. The molecule has 0 aromatic heterocycles. The molecule has 2 rings (SSSR count). The second kappa shape index (κ2) is 8.92. The van der Waals surface area contributed by atoms with Gasteiger partial charge in [-0.1, -0.05) is 12.1 Å². The van der Waals surface area contributed by atoms with E-state index >= 15 is 0 Å². The number of carbonyl (C=O) groups is 1. The summed E-state index contributed by atoms with van der Waals surface area (Å²) in [6, 6.07) is 9.81. The largest absolute Gasteiger partial charge is 0.493 e. The molecule has 0 aliphatic heterocycles. The van der Waals surface area contributed by atoms with Crippen LogP contribution >= 0.6 is 0 Å². The highest BCUT2D eigenvalue weighted by atomic mass is 19.1. The van der Waals surface area contributed by atoms with Gasteiger partial charge in [0.2, 0.25) is 5.75 Å². The molecular formula is C19H22FNO4. The number of rotatable bonds is 8. The highest BCUT2D eigenvalue weighted by Crippen LogP contribution is 2.38. The number of hydrogen-bond donors (Lipinski definition) is 1. The number of aryl methyl sites for hydroxylation is 1. The van der Waals surface area contributed by atoms with E-state index in [4.69, 9.17) is 14.2 Å². The van der Waals surface area contributed by atoms with Crippen LogP contribution in [0.4, 0.5) is 4.39 Å². The van der Waals surface area contributed by atoms with Crippen molar-refractivity contribution in [2.45, 2.75) is 13.3 Å². The molecule has 0 saturated heterocycles. The minimum absolute atomic E-state index is 0.154. The molecule has 0 fully saturated rings. The quantitative estimate of drug-likeness (QED) is 0.798. The first-order valence-corrected chi connectivity index (χ1v) is 7.90. The number of hydrogen-bond acceptors (Lipinski definition) is 4. The van der Waals surface area contributed by atoms with E-state index in [1.165, 1.54) is 26.4 Å². The fourth-order valence-electron chi connectivity index (χ4n) is 2.34. The monoisotopic (exact) mass is 347 g/mol. The number of nitrogens with one attached hydrogen (secondary N) is 1. The number of carbonyl (C=O) groups excluding carboxylic acids is 1. The van der Waals surface area contributed by atoms with Gasteiger partial charge in [0, 0.05) is 6.54 Å². The van der Waals surface area contributed by atoms with Gasteiger partial charge in [0.1, 0.15) is 5.82 Å². The van der Waals surface area contributed by atoms with Gasteiger partial charge in [-0.2, -0.15) is 0 Å². The van der Waals surface area contributed by atoms with Crippen LogP contribution < -0.4 is 19.5 Å². The number of benzene rings is 2. The molecular weight excluding hydrogens is 325 g/mol. The maximum Gasteiger partial charge on any atom is 0.257 e. The first-order valence-electron chi connectivity index (χ1n) is 7.90. The van der Waals surface area contributed by atoms with Crippen LogP contribution in [0.15, 0.2) is 36.4 Å². The SMILES string of the molecule is COc1cc(C)cc(OC)c1OCC(=O)NCCc1ccc(F)cc1. The van der Waals surface area contributed by atoms with Crippen molar-refractivity contribution < 1.29 is 23.4 Å². The van der Waals surface area contributed by atoms with E-state index in [1.54, 1.807) is 12.1 Å². The van der Waals surface area contributed by atoms with E-state index in [-0.39, 0.29) is 18.3 Å². The lowest BCUT2D eigenvalue weighted by Gasteiger charge is -2.15. The zero-order chi connectivity index (χ0) is 18.2. The minimum Gasteiger partial charge on any atom is -0.493 e. The Morgan fingerprint density at radius 3 is 2.24 bits per heavy atom. The standard InChI is InChI=1S/C19H22FNO4/c1-13-10-16(23-2)19(17(11-13)24-3)25-12-18(22)21-9-8-14-4-6-15(20)7-5-14/h4-7,10-11H,8-9,12H2,1-3H3,(H,21,22). The van der Waals surface area contributed by atoms with Crippen LogP contribution in [0.2, 0.25) is 0 Å². The van der Waals surface area contributed by atoms with Crippen LogP contribution in [0.1, 0.15) is 11.1 Å². The summed E-state index contributed by atoms with van der Waals surface area (Å²) in [5, 5.41) is 2.76. The number of methoxy groups -OCH3 is 2. The molecule has 0 bridgehead atoms. The zero-order valence-corrected chi connectivity index (χ0v) is 14.6. The molecule has 0 aliphatic rings. The number of amides is 1. The van der Waals surface area contributed by atoms with Gasteiger partial charge in [0.05, 0.1) is 14.2 Å². The van der Waals surface area contributed by atoms with Crippen LogP contribution in [-0.2, 0) is 11.2 Å². The third-order valence-electron chi connectivity index (χ3n) is 3.60. The Balaban J connectivity index is 1.86. The lowest BCUT2D eigenvalue weighted by Crippen LogP contribution is -2.30. The van der Waals surface area contributed by atoms with Gasteiger partial charge in [-0.05, 0) is 48.7 Å². The first-order chi connectivity index (χ1) is 12.0. The predicted molar refractivity (Wildman–Crippen MR) is 92.9 cm³/mol. The van der Waals surface area contributed by atoms with Crippen molar-refractivity contribution in [3.05, 3.63) is 53.3 Å². The summed E-state index contributed by atoms with van der Waals surface area (Å²) in [6.45, 7) is 2.20. The Morgan fingerprint density at radius 2 is 1.68 bits per heavy atom. The van der Waals surface area contributed by atoms with Crippen LogP contribution in [0.3, 0.4) is 0 Å². The predicted octanol–water partition coefficient (Wildman–Crippen LogP) is 2.89. The highest BCUT2D eigenvalue weighted by Gasteiger charge is 2.14. The molecule has 6 heteroatoms. The summed E-state index contributed by atoms with van der Waals surface area (Å²) in [6.07, 6.45) is 0.614. The Labute approximate surface area is 146 Å². The normalized spacial score (nSPS) is 10.2. The fraction of sp³-hybridized carbons (Fsp3) is 0.316. The van der Waals surface area contributed by atoms with Crippen LogP contribution in [0, 0.1) is 12.7 Å². The lowest BCUT2D eigenvalue weighted by molar-refractivity contribution is -0.123. The van der Waals surface area contributed by atoms with Gasteiger partial charge in [-0.25, -0.2) is 4.39 Å². The Bertz CT molecular complexity index is 691. The van der Waals surface area contributed by atoms with Crippen LogP contribution in [0.5, 0.6) is 17.2 Å². The summed E-state index contributed by atoms with van der Waals surface area (Å²) in [4.78, 5) is 11.9. The average Bonchev–Trinajstić information content (AvgIpc) is 2.61. The van der Waals surface area contributed by atoms with Gasteiger partial charge < -0.3 is 19.5 Å². The van der Waals surface area contributed by atoms with E-state index in [1.807, 2.05) is 19.1 Å². The average molecular weight is 347 g/mol. The molecule has 2 aromatic rings. The van der Waals surface area contributed by atoms with E-state index in [0.717, 1.165) is 11.1 Å². The van der Waals surface area contributed by atoms with Crippen molar-refractivity contribution in [3.8, 4) is 17.2 Å². The third-order valence-corrected chi connectivity index (χ3v) is 3.60. The molecule has 0 aliphatic carbocycles. The minimum atomic E-state index is -0.276. The molecule has 0 heterocycles. The molecule has 1 N–H and O–H groups in total. The smallest absolute Gasteiger partial charge is 0.257 e. The van der Waals surface area contributed by atoms with Crippen molar-refractivity contribution in [2.75, 3.05) is 27.4 Å². The molecule has 134 valence electrons. The van der Waals surface area contributed by atoms with Crippen LogP contribution in [-0.4, -0.2) is 33.3 Å². The Morgan fingerprint density at radius 1 is 1.08 bits per heavy atom. The molecule has 1 amide bonds. The van der Waals surface area contributed by atoms with E-state index in [2.05, 4.69) is 5.32 Å². The van der Waals surface area contributed by atoms with Gasteiger partial charge >= 0.3 is 0 Å². The van der Waals surface area contributed by atoms with E-state index in [0.29, 0.717) is 30.2 Å². The summed E-state index contributed by atoms with van der Waals surface area (Å²) in [5.74, 6) is 0.880. The van der Waals surface area contributed by atoms with Gasteiger partial charge in [-0.3, -0.25) is 4.79 Å². The molecule has 0 radical (unpaired) electrons. The summed E-state index contributed by atoms with van der Waals surface area (Å²) >= 11 is 0. The number of halogens is 1. The molecule has 0 atom stereocenters. The van der Waals surface area contributed by atoms with Gasteiger partial charge in [0.15, 0.2) is 18.1 Å². The molecule has 0 unspecified atom stereocenters. The van der Waals surface area contributed by atoms with Gasteiger partial charge in [0.25, 0.3) is 5.91 Å². The molecule has 25 heavy (non-hydrogen) atoms. The van der Waals surface area contributed by atoms with Crippen molar-refractivity contribution in [2.24, 2.45) is 0 Å². The molecule has 0 spiro atoms. The first kappa shape index (κ1) is 18.6. The highest BCUT2D eigenvalue weighted by molar-refractivity contribution is 5.77. The van der Waals surface area contributed by atoms with Crippen molar-refractivity contribution in [1.29, 1.82) is 0 Å². The topological polar surface area (TPSA) is 56.8 Å². The molecule has 5 nitrogen and oxygen atoms in total. The van der Waals surface area contributed by atoms with Crippen molar-refractivity contribution in [1.82, 2.24) is 5.32 Å². The number of ether oxygens (including phenoxy) is 3. The zero-order valence-electron chi connectivity index (χ0n) is 14.6. The summed E-state index contributed by atoms with van der Waals surface area (Å²) in [7, 11) is 3.06. The lowest BCUT2D eigenvalue weighted by atomic mass is 10.1. The maximum absolute atomic E-state index is 12.8.